The van der Waals surface area contributed by atoms with Crippen molar-refractivity contribution in [2.75, 3.05) is 18.0 Å². The number of amides is 1. The normalized spacial score (nSPS) is 14.3. The number of rotatable bonds is 6. The van der Waals surface area contributed by atoms with E-state index in [1.54, 1.807) is 6.07 Å². The maximum Gasteiger partial charge on any atom is 0.287 e. The number of furan rings is 1. The molecule has 3 heterocycles. The number of carbonyl (C=O) groups is 1. The van der Waals surface area contributed by atoms with E-state index in [-0.39, 0.29) is 11.9 Å². The van der Waals surface area contributed by atoms with Crippen molar-refractivity contribution < 1.29 is 9.21 Å². The van der Waals surface area contributed by atoms with E-state index in [0.29, 0.717) is 11.5 Å². The van der Waals surface area contributed by atoms with Gasteiger partial charge < -0.3 is 14.6 Å². The number of aryl methyl sites for hydroxylation is 1. The van der Waals surface area contributed by atoms with E-state index in [0.717, 1.165) is 35.5 Å². The average Bonchev–Trinajstić information content (AvgIpc) is 3.23. The highest BCUT2D eigenvalue weighted by Crippen LogP contribution is 2.25. The van der Waals surface area contributed by atoms with Crippen LogP contribution >= 0.6 is 11.8 Å². The third-order valence-corrected chi connectivity index (χ3v) is 4.77. The number of nitrogens with zero attached hydrogens (tertiary/aromatic N) is 3. The molecule has 0 radical (unpaired) electrons. The van der Waals surface area contributed by atoms with Crippen molar-refractivity contribution in [2.45, 2.75) is 50.6 Å². The van der Waals surface area contributed by atoms with Gasteiger partial charge in [-0.2, -0.15) is 0 Å². The van der Waals surface area contributed by atoms with Crippen LogP contribution in [0.25, 0.3) is 0 Å². The van der Waals surface area contributed by atoms with Gasteiger partial charge >= 0.3 is 0 Å². The molecule has 25 heavy (non-hydrogen) atoms. The molecule has 0 spiro atoms. The van der Waals surface area contributed by atoms with Gasteiger partial charge in [-0.15, -0.1) is 0 Å². The summed E-state index contributed by atoms with van der Waals surface area (Å²) in [7, 11) is 0. The molecule has 0 saturated carbocycles. The van der Waals surface area contributed by atoms with Gasteiger partial charge in [0.25, 0.3) is 5.91 Å². The van der Waals surface area contributed by atoms with Crippen LogP contribution in [-0.2, 0) is 5.75 Å². The van der Waals surface area contributed by atoms with Gasteiger partial charge in [0.2, 0.25) is 0 Å². The van der Waals surface area contributed by atoms with Gasteiger partial charge in [-0.3, -0.25) is 4.79 Å². The van der Waals surface area contributed by atoms with E-state index in [1.807, 2.05) is 32.9 Å². The quantitative estimate of drug-likeness (QED) is 0.629. The second-order valence-electron chi connectivity index (χ2n) is 6.53. The third kappa shape index (κ3) is 4.75. The first-order valence-electron chi connectivity index (χ1n) is 8.64. The summed E-state index contributed by atoms with van der Waals surface area (Å²) in [5.41, 5.74) is 0.968. The van der Waals surface area contributed by atoms with Gasteiger partial charge in [-0.25, -0.2) is 9.97 Å². The lowest BCUT2D eigenvalue weighted by molar-refractivity contribution is 0.0914. The minimum absolute atomic E-state index is 0.0835. The highest BCUT2D eigenvalue weighted by Gasteiger charge is 2.16. The Labute approximate surface area is 152 Å². The summed E-state index contributed by atoms with van der Waals surface area (Å²) >= 11 is 1.53. The van der Waals surface area contributed by atoms with Crippen LogP contribution in [0.4, 0.5) is 5.82 Å². The van der Waals surface area contributed by atoms with E-state index in [9.17, 15) is 4.79 Å². The molecule has 134 valence electrons. The Balaban J connectivity index is 1.63. The molecule has 1 saturated heterocycles. The highest BCUT2D eigenvalue weighted by molar-refractivity contribution is 7.98. The van der Waals surface area contributed by atoms with Gasteiger partial charge in [0.15, 0.2) is 10.9 Å². The molecule has 2 aromatic heterocycles. The Hall–Kier alpha value is -2.02. The Bertz CT molecular complexity index is 738. The van der Waals surface area contributed by atoms with Crippen molar-refractivity contribution in [3.63, 3.8) is 0 Å². The molecular weight excluding hydrogens is 336 g/mol. The van der Waals surface area contributed by atoms with Crippen molar-refractivity contribution in [2.24, 2.45) is 0 Å². The van der Waals surface area contributed by atoms with E-state index in [2.05, 4.69) is 20.2 Å². The summed E-state index contributed by atoms with van der Waals surface area (Å²) in [6.07, 6.45) is 2.44. The van der Waals surface area contributed by atoms with Crippen molar-refractivity contribution in [1.82, 2.24) is 15.3 Å². The van der Waals surface area contributed by atoms with Crippen molar-refractivity contribution in [1.29, 1.82) is 0 Å². The van der Waals surface area contributed by atoms with Crippen LogP contribution in [0.1, 0.15) is 48.7 Å². The Morgan fingerprint density at radius 3 is 2.80 bits per heavy atom. The van der Waals surface area contributed by atoms with E-state index < -0.39 is 0 Å². The van der Waals surface area contributed by atoms with E-state index >= 15 is 0 Å². The third-order valence-electron chi connectivity index (χ3n) is 3.90. The standard InChI is InChI=1S/C18H24N4O2S/c1-12(2)19-17(23)15-7-6-14(24-15)11-25-18-20-13(3)10-16(21-18)22-8-4-5-9-22/h6-7,10,12H,4-5,8-9,11H2,1-3H3,(H,19,23). The highest BCUT2D eigenvalue weighted by atomic mass is 32.2. The van der Waals surface area contributed by atoms with Gasteiger partial charge in [-0.05, 0) is 45.7 Å². The molecular formula is C18H24N4O2S. The smallest absolute Gasteiger partial charge is 0.287 e. The summed E-state index contributed by atoms with van der Waals surface area (Å²) in [5, 5.41) is 3.56. The lowest BCUT2D eigenvalue weighted by Gasteiger charge is -2.17. The minimum atomic E-state index is -0.186. The molecule has 0 aliphatic carbocycles. The molecule has 7 heteroatoms. The molecule has 1 amide bonds. The van der Waals surface area contributed by atoms with Crippen molar-refractivity contribution in [3.8, 4) is 0 Å². The summed E-state index contributed by atoms with van der Waals surface area (Å²) in [4.78, 5) is 23.4. The molecule has 6 nitrogen and oxygen atoms in total. The van der Waals surface area contributed by atoms with Gasteiger partial charge in [-0.1, -0.05) is 11.8 Å². The van der Waals surface area contributed by atoms with Crippen LogP contribution in [0.2, 0.25) is 0 Å². The maximum atomic E-state index is 11.9. The van der Waals surface area contributed by atoms with Crippen molar-refractivity contribution in [3.05, 3.63) is 35.4 Å². The molecule has 2 aromatic rings. The first-order chi connectivity index (χ1) is 12.0. The Kier molecular flexibility index (Phi) is 5.63. The maximum absolute atomic E-state index is 11.9. The molecule has 3 rings (SSSR count). The number of nitrogens with one attached hydrogen (secondary N) is 1. The van der Waals surface area contributed by atoms with E-state index in [4.69, 9.17) is 4.42 Å². The monoisotopic (exact) mass is 360 g/mol. The zero-order valence-electron chi connectivity index (χ0n) is 14.9. The van der Waals surface area contributed by atoms with Gasteiger partial charge in [0.1, 0.15) is 11.6 Å². The fourth-order valence-corrected chi connectivity index (χ4v) is 3.54. The molecule has 1 N–H and O–H groups in total. The van der Waals surface area contributed by atoms with Gasteiger partial charge in [0.05, 0.1) is 5.75 Å². The fraction of sp³-hybridized carbons (Fsp3) is 0.500. The second-order valence-corrected chi connectivity index (χ2v) is 7.47. The topological polar surface area (TPSA) is 71.3 Å². The molecule has 0 unspecified atom stereocenters. The first kappa shape index (κ1) is 17.8. The number of thioether (sulfide) groups is 1. The van der Waals surface area contributed by atoms with Crippen LogP contribution in [0, 0.1) is 6.92 Å². The molecule has 0 aromatic carbocycles. The number of aromatic nitrogens is 2. The predicted molar refractivity (Wildman–Crippen MR) is 99.1 cm³/mol. The molecule has 0 bridgehead atoms. The lowest BCUT2D eigenvalue weighted by Crippen LogP contribution is -2.29. The summed E-state index contributed by atoms with van der Waals surface area (Å²) in [6, 6.07) is 5.66. The molecule has 1 aliphatic rings. The molecule has 1 aliphatic heterocycles. The first-order valence-corrected chi connectivity index (χ1v) is 9.63. The number of anilines is 1. The average molecular weight is 360 g/mol. The summed E-state index contributed by atoms with van der Waals surface area (Å²) in [6.45, 7) is 7.96. The van der Waals surface area contributed by atoms with Gasteiger partial charge in [0, 0.05) is 30.9 Å². The second kappa shape index (κ2) is 7.91. The lowest BCUT2D eigenvalue weighted by atomic mass is 10.3. The van der Waals surface area contributed by atoms with Crippen LogP contribution in [0.5, 0.6) is 0 Å². The minimum Gasteiger partial charge on any atom is -0.455 e. The van der Waals surface area contributed by atoms with Crippen LogP contribution < -0.4 is 10.2 Å². The largest absolute Gasteiger partial charge is 0.455 e. The van der Waals surface area contributed by atoms with Crippen LogP contribution in [0.3, 0.4) is 0 Å². The van der Waals surface area contributed by atoms with E-state index in [1.165, 1.54) is 24.6 Å². The number of hydrogen-bond donors (Lipinski definition) is 1. The number of carbonyl (C=O) groups excluding carboxylic acids is 1. The van der Waals surface area contributed by atoms with Crippen LogP contribution in [0.15, 0.2) is 27.8 Å². The number of hydrogen-bond acceptors (Lipinski definition) is 6. The summed E-state index contributed by atoms with van der Waals surface area (Å²) < 4.78 is 5.63. The zero-order chi connectivity index (χ0) is 17.8. The predicted octanol–water partition coefficient (Wildman–Crippen LogP) is 3.41. The Morgan fingerprint density at radius 1 is 1.32 bits per heavy atom. The van der Waals surface area contributed by atoms with Crippen molar-refractivity contribution >= 4 is 23.5 Å². The fourth-order valence-electron chi connectivity index (χ4n) is 2.74. The SMILES string of the molecule is Cc1cc(N2CCCC2)nc(SCc2ccc(C(=O)NC(C)C)o2)n1. The van der Waals surface area contributed by atoms with Crippen LogP contribution in [-0.4, -0.2) is 35.0 Å². The zero-order valence-corrected chi connectivity index (χ0v) is 15.7. The Morgan fingerprint density at radius 2 is 2.08 bits per heavy atom. The molecule has 1 fully saturated rings. The summed E-state index contributed by atoms with van der Waals surface area (Å²) in [5.74, 6) is 2.50. The molecule has 0 atom stereocenters.